The second kappa shape index (κ2) is 7.00. The number of ether oxygens (including phenoxy) is 1. The Morgan fingerprint density at radius 3 is 2.62 bits per heavy atom. The summed E-state index contributed by atoms with van der Waals surface area (Å²) < 4.78 is 30.6. The molecule has 0 spiro atoms. The second-order valence-corrected chi connectivity index (χ2v) is 9.79. The highest BCUT2D eigenvalue weighted by molar-refractivity contribution is 7.91. The van der Waals surface area contributed by atoms with Crippen molar-refractivity contribution < 1.29 is 22.7 Å². The van der Waals surface area contributed by atoms with E-state index in [9.17, 15) is 18.0 Å². The van der Waals surface area contributed by atoms with Crippen molar-refractivity contribution in [3.63, 3.8) is 0 Å². The van der Waals surface area contributed by atoms with Crippen molar-refractivity contribution in [1.29, 1.82) is 0 Å². The van der Waals surface area contributed by atoms with Crippen molar-refractivity contribution >= 4 is 32.9 Å². The molecule has 6 nitrogen and oxygen atoms in total. The Hall–Kier alpha value is -1.93. The first-order chi connectivity index (χ1) is 12.2. The molecular weight excluding hydrogens is 374 g/mol. The van der Waals surface area contributed by atoms with Gasteiger partial charge in [-0.25, -0.2) is 13.2 Å². The highest BCUT2D eigenvalue weighted by atomic mass is 32.2. The lowest BCUT2D eigenvalue weighted by Gasteiger charge is -2.16. The van der Waals surface area contributed by atoms with Gasteiger partial charge in [0.05, 0.1) is 11.5 Å². The molecule has 3 heterocycles. The predicted molar refractivity (Wildman–Crippen MR) is 99.9 cm³/mol. The van der Waals surface area contributed by atoms with Gasteiger partial charge < -0.3 is 9.30 Å². The van der Waals surface area contributed by atoms with E-state index in [2.05, 4.69) is 0 Å². The molecule has 0 aliphatic carbocycles. The van der Waals surface area contributed by atoms with Gasteiger partial charge in [0.25, 0.3) is 0 Å². The van der Waals surface area contributed by atoms with E-state index in [0.29, 0.717) is 16.9 Å². The van der Waals surface area contributed by atoms with Crippen LogP contribution < -0.4 is 0 Å². The van der Waals surface area contributed by atoms with Crippen LogP contribution in [0, 0.1) is 20.8 Å². The first-order valence-corrected chi connectivity index (χ1v) is 11.0. The quantitative estimate of drug-likeness (QED) is 0.574. The van der Waals surface area contributed by atoms with E-state index in [-0.39, 0.29) is 29.9 Å². The third-order valence-corrected chi connectivity index (χ3v) is 7.49. The van der Waals surface area contributed by atoms with E-state index < -0.39 is 15.8 Å². The van der Waals surface area contributed by atoms with Crippen molar-refractivity contribution in [2.75, 3.05) is 18.1 Å². The molecule has 0 unspecified atom stereocenters. The molecule has 1 aliphatic heterocycles. The average molecular weight is 396 g/mol. The number of Topliss-reactive ketones (excluding diaryl/α,β-unsaturated/α-hetero) is 1. The SMILES string of the molecule is Cc1ccsc1C(=O)OCC(=O)c1cc(C)n([C@@H]2CCS(=O)(=O)C2)c1C. The van der Waals surface area contributed by atoms with E-state index >= 15 is 0 Å². The standard InChI is InChI=1S/C18H21NO5S2/c1-11-4-6-25-17(11)18(21)24-9-16(20)15-8-12(2)19(13(15)3)14-5-7-26(22,23)10-14/h4,6,8,14H,5,7,9-10H2,1-3H3/t14-/m1/s1. The molecular formula is C18H21NO5S2. The van der Waals surface area contributed by atoms with Gasteiger partial charge >= 0.3 is 5.97 Å². The van der Waals surface area contributed by atoms with Gasteiger partial charge in [0.15, 0.2) is 16.4 Å². The summed E-state index contributed by atoms with van der Waals surface area (Å²) in [6, 6.07) is 3.43. The van der Waals surface area contributed by atoms with Crippen LogP contribution in [0.15, 0.2) is 17.5 Å². The summed E-state index contributed by atoms with van der Waals surface area (Å²) in [6.45, 7) is 5.15. The maximum Gasteiger partial charge on any atom is 0.349 e. The number of nitrogens with zero attached hydrogens (tertiary/aromatic N) is 1. The zero-order valence-corrected chi connectivity index (χ0v) is 16.6. The van der Waals surface area contributed by atoms with E-state index in [1.807, 2.05) is 24.5 Å². The molecule has 1 fully saturated rings. The van der Waals surface area contributed by atoms with Gasteiger partial charge in [0.2, 0.25) is 5.78 Å². The summed E-state index contributed by atoms with van der Waals surface area (Å²) in [6.07, 6.45) is 0.555. The first kappa shape index (κ1) is 18.8. The van der Waals surface area contributed by atoms with Crippen molar-refractivity contribution in [3.05, 3.63) is 44.9 Å². The minimum Gasteiger partial charge on any atom is -0.453 e. The average Bonchev–Trinajstić information content (AvgIpc) is 3.22. The molecule has 1 aliphatic rings. The van der Waals surface area contributed by atoms with Gasteiger partial charge in [-0.05, 0) is 50.3 Å². The van der Waals surface area contributed by atoms with Gasteiger partial charge in [-0.1, -0.05) is 0 Å². The van der Waals surface area contributed by atoms with Crippen LogP contribution in [0.25, 0.3) is 0 Å². The smallest absolute Gasteiger partial charge is 0.349 e. The fraction of sp³-hybridized carbons (Fsp3) is 0.444. The van der Waals surface area contributed by atoms with Gasteiger partial charge in [0.1, 0.15) is 4.88 Å². The van der Waals surface area contributed by atoms with Crippen molar-refractivity contribution in [2.24, 2.45) is 0 Å². The minimum absolute atomic E-state index is 0.101. The van der Waals surface area contributed by atoms with Crippen LogP contribution in [-0.2, 0) is 14.6 Å². The van der Waals surface area contributed by atoms with Crippen LogP contribution in [-0.4, -0.2) is 42.9 Å². The Kier molecular flexibility index (Phi) is 5.07. The van der Waals surface area contributed by atoms with Crippen molar-refractivity contribution in [2.45, 2.75) is 33.2 Å². The predicted octanol–water partition coefficient (Wildman–Crippen LogP) is 2.87. The summed E-state index contributed by atoms with van der Waals surface area (Å²) in [5.41, 5.74) is 2.86. The molecule has 0 bridgehead atoms. The molecule has 0 radical (unpaired) electrons. The van der Waals surface area contributed by atoms with Gasteiger partial charge in [-0.3, -0.25) is 4.79 Å². The normalized spacial score (nSPS) is 18.8. The van der Waals surface area contributed by atoms with E-state index in [4.69, 9.17) is 4.74 Å². The maximum atomic E-state index is 12.5. The number of sulfone groups is 1. The van der Waals surface area contributed by atoms with Crippen LogP contribution in [0.5, 0.6) is 0 Å². The number of esters is 1. The number of aryl methyl sites for hydroxylation is 2. The first-order valence-electron chi connectivity index (χ1n) is 8.33. The molecule has 140 valence electrons. The highest BCUT2D eigenvalue weighted by Crippen LogP contribution is 2.29. The summed E-state index contributed by atoms with van der Waals surface area (Å²) >= 11 is 1.28. The van der Waals surface area contributed by atoms with Crippen LogP contribution in [0.1, 0.15) is 49.4 Å². The molecule has 1 saturated heterocycles. The van der Waals surface area contributed by atoms with Gasteiger partial charge in [-0.15, -0.1) is 11.3 Å². The molecule has 1 atom stereocenters. The van der Waals surface area contributed by atoms with E-state index in [1.165, 1.54) is 11.3 Å². The van der Waals surface area contributed by atoms with Gasteiger partial charge in [-0.2, -0.15) is 0 Å². The number of hydrogen-bond acceptors (Lipinski definition) is 6. The molecule has 2 aromatic rings. The fourth-order valence-electron chi connectivity index (χ4n) is 3.46. The Labute approximate surface area is 156 Å². The summed E-state index contributed by atoms with van der Waals surface area (Å²) in [7, 11) is -3.01. The third kappa shape index (κ3) is 3.61. The van der Waals surface area contributed by atoms with Crippen LogP contribution >= 0.6 is 11.3 Å². The van der Waals surface area contributed by atoms with Gasteiger partial charge in [0, 0.05) is 23.0 Å². The molecule has 8 heteroatoms. The molecule has 0 amide bonds. The number of hydrogen-bond donors (Lipinski definition) is 0. The largest absolute Gasteiger partial charge is 0.453 e. The molecule has 3 rings (SSSR count). The second-order valence-electron chi connectivity index (χ2n) is 6.64. The summed E-state index contributed by atoms with van der Waals surface area (Å²) in [4.78, 5) is 25.1. The van der Waals surface area contributed by atoms with Crippen LogP contribution in [0.2, 0.25) is 0 Å². The Balaban J connectivity index is 1.73. The molecule has 26 heavy (non-hydrogen) atoms. The lowest BCUT2D eigenvalue weighted by molar-refractivity contribution is 0.0478. The molecule has 0 aromatic carbocycles. The summed E-state index contributed by atoms with van der Waals surface area (Å²) in [5.74, 6) is -0.506. The lowest BCUT2D eigenvalue weighted by Crippen LogP contribution is -2.17. The number of rotatable bonds is 5. The Morgan fingerprint density at radius 1 is 1.31 bits per heavy atom. The zero-order chi connectivity index (χ0) is 19.1. The number of ketones is 1. The highest BCUT2D eigenvalue weighted by Gasteiger charge is 2.31. The van der Waals surface area contributed by atoms with Crippen molar-refractivity contribution in [3.8, 4) is 0 Å². The maximum absolute atomic E-state index is 12.5. The lowest BCUT2D eigenvalue weighted by atomic mass is 10.1. The number of aromatic nitrogens is 1. The number of carbonyl (C=O) groups excluding carboxylic acids is 2. The monoisotopic (exact) mass is 395 g/mol. The third-order valence-electron chi connectivity index (χ3n) is 4.74. The fourth-order valence-corrected chi connectivity index (χ4v) is 5.97. The van der Waals surface area contributed by atoms with Crippen LogP contribution in [0.4, 0.5) is 0 Å². The number of thiophene rings is 1. The van der Waals surface area contributed by atoms with E-state index in [1.54, 1.807) is 18.4 Å². The van der Waals surface area contributed by atoms with Crippen LogP contribution in [0.3, 0.4) is 0 Å². The van der Waals surface area contributed by atoms with Crippen molar-refractivity contribution in [1.82, 2.24) is 4.57 Å². The topological polar surface area (TPSA) is 82.4 Å². The summed E-state index contributed by atoms with van der Waals surface area (Å²) in [5, 5.41) is 1.80. The molecule has 0 saturated carbocycles. The van der Waals surface area contributed by atoms with E-state index in [0.717, 1.165) is 17.0 Å². The molecule has 0 N–H and O–H groups in total. The Bertz CT molecular complexity index is 968. The zero-order valence-electron chi connectivity index (χ0n) is 14.9. The minimum atomic E-state index is -3.01. The number of carbonyl (C=O) groups is 2. The molecule has 2 aromatic heterocycles. The Morgan fingerprint density at radius 2 is 2.04 bits per heavy atom.